The van der Waals surface area contributed by atoms with Crippen molar-refractivity contribution in [3.8, 4) is 0 Å². The smallest absolute Gasteiger partial charge is 0.252 e. The highest BCUT2D eigenvalue weighted by Gasteiger charge is 2.14. The van der Waals surface area contributed by atoms with Crippen molar-refractivity contribution in [2.24, 2.45) is 0 Å². The van der Waals surface area contributed by atoms with Gasteiger partial charge in [-0.25, -0.2) is 0 Å². The fourth-order valence-electron chi connectivity index (χ4n) is 2.22. The summed E-state index contributed by atoms with van der Waals surface area (Å²) in [5.41, 5.74) is 0.478. The summed E-state index contributed by atoms with van der Waals surface area (Å²) in [6.07, 6.45) is 1.92. The van der Waals surface area contributed by atoms with Crippen LogP contribution in [0.3, 0.4) is 0 Å². The molecule has 1 amide bonds. The van der Waals surface area contributed by atoms with Gasteiger partial charge in [0, 0.05) is 44.2 Å². The Morgan fingerprint density at radius 2 is 2.00 bits per heavy atom. The molecule has 1 saturated heterocycles. The van der Waals surface area contributed by atoms with Gasteiger partial charge in [0.2, 0.25) is 0 Å². The van der Waals surface area contributed by atoms with E-state index >= 15 is 0 Å². The monoisotopic (exact) mass is 383 g/mol. The predicted molar refractivity (Wildman–Crippen MR) is 97.1 cm³/mol. The fourth-order valence-corrected chi connectivity index (χ4v) is 3.41. The molecule has 0 bridgehead atoms. The van der Waals surface area contributed by atoms with Gasteiger partial charge in [-0.2, -0.15) is 0 Å². The third kappa shape index (κ3) is 5.48. The lowest BCUT2D eigenvalue weighted by molar-refractivity contribution is 0.0947. The fraction of sp³-hybridized carbons (Fsp3) is 0.500. The molecule has 4 nitrogen and oxygen atoms in total. The van der Waals surface area contributed by atoms with Crippen LogP contribution < -0.4 is 10.6 Å². The van der Waals surface area contributed by atoms with Crippen molar-refractivity contribution in [2.75, 3.05) is 45.5 Å². The minimum atomic E-state index is -0.151. The average Bonchev–Trinajstić information content (AvgIpc) is 2.48. The number of amides is 1. The first kappa shape index (κ1) is 19.9. The summed E-state index contributed by atoms with van der Waals surface area (Å²) >= 11 is 13.7. The van der Waals surface area contributed by atoms with E-state index in [0.29, 0.717) is 22.2 Å². The molecule has 1 aromatic rings. The first-order chi connectivity index (χ1) is 10.1. The van der Waals surface area contributed by atoms with Gasteiger partial charge in [-0.05, 0) is 18.4 Å². The number of hydrogen-bond acceptors (Lipinski definition) is 4. The molecule has 0 aliphatic carbocycles. The summed E-state index contributed by atoms with van der Waals surface area (Å²) in [6.45, 7) is 5.53. The van der Waals surface area contributed by atoms with Crippen molar-refractivity contribution in [1.29, 1.82) is 0 Å². The number of carbonyl (C=O) groups excluding carboxylic acids is 1. The standard InChI is InChI=1S/C14H19Cl2N3OS.ClH/c1-21-13-8-10(11(15)9-12(13)16)14(20)18-4-7-19-5-2-17-3-6-19;/h8-9,17H,2-7H2,1H3,(H,18,20);1H. The molecule has 2 rings (SSSR count). The molecule has 1 fully saturated rings. The van der Waals surface area contributed by atoms with Gasteiger partial charge in [-0.15, -0.1) is 24.2 Å². The van der Waals surface area contributed by atoms with E-state index in [1.165, 1.54) is 11.8 Å². The second kappa shape index (κ2) is 9.85. The van der Waals surface area contributed by atoms with Crippen molar-refractivity contribution in [3.63, 3.8) is 0 Å². The third-order valence-corrected chi connectivity index (χ3v) is 4.92. The number of halogens is 3. The zero-order valence-corrected chi connectivity index (χ0v) is 15.5. The Morgan fingerprint density at radius 3 is 2.64 bits per heavy atom. The number of benzene rings is 1. The van der Waals surface area contributed by atoms with Gasteiger partial charge in [0.05, 0.1) is 15.6 Å². The Hall–Kier alpha value is -0.170. The van der Waals surface area contributed by atoms with Crippen LogP contribution in [-0.4, -0.2) is 56.3 Å². The van der Waals surface area contributed by atoms with E-state index in [9.17, 15) is 4.79 Å². The summed E-state index contributed by atoms with van der Waals surface area (Å²) in [5.74, 6) is -0.151. The van der Waals surface area contributed by atoms with E-state index < -0.39 is 0 Å². The van der Waals surface area contributed by atoms with E-state index in [1.807, 2.05) is 6.26 Å². The molecule has 22 heavy (non-hydrogen) atoms. The molecule has 8 heteroatoms. The van der Waals surface area contributed by atoms with Crippen molar-refractivity contribution >= 4 is 53.3 Å². The molecule has 1 aliphatic heterocycles. The minimum Gasteiger partial charge on any atom is -0.351 e. The zero-order valence-electron chi connectivity index (χ0n) is 12.3. The van der Waals surface area contributed by atoms with Crippen LogP contribution in [-0.2, 0) is 0 Å². The molecule has 124 valence electrons. The quantitative estimate of drug-likeness (QED) is 0.766. The Kier molecular flexibility index (Phi) is 8.90. The maximum atomic E-state index is 12.2. The topological polar surface area (TPSA) is 44.4 Å². The van der Waals surface area contributed by atoms with Crippen molar-refractivity contribution in [2.45, 2.75) is 4.90 Å². The predicted octanol–water partition coefficient (Wildman–Crippen LogP) is 2.77. The maximum Gasteiger partial charge on any atom is 0.252 e. The normalized spacial score (nSPS) is 15.2. The van der Waals surface area contributed by atoms with Gasteiger partial charge in [0.25, 0.3) is 5.91 Å². The molecule has 2 N–H and O–H groups in total. The zero-order chi connectivity index (χ0) is 15.2. The molecule has 0 saturated carbocycles. The van der Waals surface area contributed by atoms with Crippen molar-refractivity contribution in [3.05, 3.63) is 27.7 Å². The lowest BCUT2D eigenvalue weighted by Crippen LogP contribution is -2.46. The van der Waals surface area contributed by atoms with E-state index in [4.69, 9.17) is 23.2 Å². The van der Waals surface area contributed by atoms with E-state index in [1.54, 1.807) is 12.1 Å². The van der Waals surface area contributed by atoms with Gasteiger partial charge in [0.15, 0.2) is 0 Å². The Bertz CT molecular complexity index is 510. The number of hydrogen-bond donors (Lipinski definition) is 2. The van der Waals surface area contributed by atoms with Crippen LogP contribution in [0.4, 0.5) is 0 Å². The number of rotatable bonds is 5. The average molecular weight is 385 g/mol. The second-order valence-electron chi connectivity index (χ2n) is 4.81. The number of nitrogens with one attached hydrogen (secondary N) is 2. The van der Waals surface area contributed by atoms with Crippen molar-refractivity contribution < 1.29 is 4.79 Å². The van der Waals surface area contributed by atoms with Crippen molar-refractivity contribution in [1.82, 2.24) is 15.5 Å². The number of piperazine rings is 1. The van der Waals surface area contributed by atoms with Gasteiger partial charge in [-0.3, -0.25) is 9.69 Å². The molecule has 0 aromatic heterocycles. The summed E-state index contributed by atoms with van der Waals surface area (Å²) < 4.78 is 0. The molecular formula is C14H20Cl3N3OS. The van der Waals surface area contributed by atoms with E-state index in [0.717, 1.165) is 37.6 Å². The molecule has 1 aliphatic rings. The molecule has 0 spiro atoms. The lowest BCUT2D eigenvalue weighted by Gasteiger charge is -2.27. The maximum absolute atomic E-state index is 12.2. The van der Waals surface area contributed by atoms with Crippen LogP contribution >= 0.6 is 47.4 Å². The highest BCUT2D eigenvalue weighted by molar-refractivity contribution is 7.98. The van der Waals surface area contributed by atoms with Crippen LogP contribution in [0.15, 0.2) is 17.0 Å². The summed E-state index contributed by atoms with van der Waals surface area (Å²) in [5, 5.41) is 7.18. The largest absolute Gasteiger partial charge is 0.351 e. The van der Waals surface area contributed by atoms with Crippen LogP contribution in [0.5, 0.6) is 0 Å². The summed E-state index contributed by atoms with van der Waals surface area (Å²) in [4.78, 5) is 15.4. The van der Waals surface area contributed by atoms with Crippen LogP contribution in [0, 0.1) is 0 Å². The van der Waals surface area contributed by atoms with Crippen LogP contribution in [0.1, 0.15) is 10.4 Å². The highest BCUT2D eigenvalue weighted by Crippen LogP contribution is 2.31. The first-order valence-electron chi connectivity index (χ1n) is 6.86. The molecule has 1 heterocycles. The first-order valence-corrected chi connectivity index (χ1v) is 8.84. The molecule has 1 aromatic carbocycles. The Morgan fingerprint density at radius 1 is 1.32 bits per heavy atom. The molecule has 0 unspecified atom stereocenters. The Balaban J connectivity index is 0.00000242. The van der Waals surface area contributed by atoms with Gasteiger partial charge < -0.3 is 10.6 Å². The third-order valence-electron chi connectivity index (χ3n) is 3.41. The van der Waals surface area contributed by atoms with Crippen LogP contribution in [0.2, 0.25) is 10.0 Å². The number of carbonyl (C=O) groups is 1. The highest BCUT2D eigenvalue weighted by atomic mass is 35.5. The summed E-state index contributed by atoms with van der Waals surface area (Å²) in [6, 6.07) is 3.37. The van der Waals surface area contributed by atoms with Gasteiger partial charge in [0.1, 0.15) is 0 Å². The lowest BCUT2D eigenvalue weighted by atomic mass is 10.2. The van der Waals surface area contributed by atoms with Gasteiger partial charge in [-0.1, -0.05) is 23.2 Å². The molecule has 0 atom stereocenters. The number of nitrogens with zero attached hydrogens (tertiary/aromatic N) is 1. The Labute approximate surface area is 151 Å². The molecule has 0 radical (unpaired) electrons. The summed E-state index contributed by atoms with van der Waals surface area (Å²) in [7, 11) is 0. The van der Waals surface area contributed by atoms with E-state index in [2.05, 4.69) is 15.5 Å². The molecular weight excluding hydrogens is 365 g/mol. The minimum absolute atomic E-state index is 0. The second-order valence-corrected chi connectivity index (χ2v) is 6.48. The van der Waals surface area contributed by atoms with Crippen LogP contribution in [0.25, 0.3) is 0 Å². The van der Waals surface area contributed by atoms with E-state index in [-0.39, 0.29) is 18.3 Å². The van der Waals surface area contributed by atoms with Gasteiger partial charge >= 0.3 is 0 Å². The number of thioether (sulfide) groups is 1. The SMILES string of the molecule is CSc1cc(C(=O)NCCN2CCNCC2)c(Cl)cc1Cl.Cl.